The van der Waals surface area contributed by atoms with E-state index in [-0.39, 0.29) is 6.04 Å². The van der Waals surface area contributed by atoms with Crippen LogP contribution in [0.15, 0.2) is 78.0 Å². The van der Waals surface area contributed by atoms with Crippen molar-refractivity contribution in [3.8, 4) is 0 Å². The maximum Gasteiger partial charge on any atom is 0.101 e. The van der Waals surface area contributed by atoms with Crippen molar-refractivity contribution in [1.82, 2.24) is 4.57 Å². The SMILES string of the molecule is Cn1cccc1C1C2CCc3ccccc3C2=NN1c1ccccc1. The molecule has 2 atom stereocenters. The number of benzene rings is 2. The highest BCUT2D eigenvalue weighted by Crippen LogP contribution is 2.45. The van der Waals surface area contributed by atoms with Gasteiger partial charge in [-0.3, -0.25) is 5.01 Å². The third-order valence-electron chi connectivity index (χ3n) is 5.54. The fraction of sp³-hybridized carbons (Fsp3) is 0.227. The van der Waals surface area contributed by atoms with E-state index in [2.05, 4.69) is 89.6 Å². The van der Waals surface area contributed by atoms with Gasteiger partial charge in [0.2, 0.25) is 0 Å². The van der Waals surface area contributed by atoms with E-state index < -0.39 is 0 Å². The van der Waals surface area contributed by atoms with E-state index >= 15 is 0 Å². The smallest absolute Gasteiger partial charge is 0.101 e. The van der Waals surface area contributed by atoms with Gasteiger partial charge in [0.25, 0.3) is 0 Å². The molecule has 2 heterocycles. The van der Waals surface area contributed by atoms with Gasteiger partial charge in [-0.05, 0) is 42.7 Å². The molecule has 0 fully saturated rings. The molecule has 25 heavy (non-hydrogen) atoms. The molecule has 0 saturated heterocycles. The lowest BCUT2D eigenvalue weighted by molar-refractivity contribution is 0.489. The highest BCUT2D eigenvalue weighted by atomic mass is 15.5. The second-order valence-corrected chi connectivity index (χ2v) is 6.96. The van der Waals surface area contributed by atoms with E-state index in [1.165, 1.54) is 22.5 Å². The van der Waals surface area contributed by atoms with Crippen LogP contribution in [-0.4, -0.2) is 10.3 Å². The van der Waals surface area contributed by atoms with Gasteiger partial charge in [-0.2, -0.15) is 5.10 Å². The zero-order valence-corrected chi connectivity index (χ0v) is 14.3. The molecule has 2 unspecified atom stereocenters. The van der Waals surface area contributed by atoms with Crippen molar-refractivity contribution in [3.05, 3.63) is 89.7 Å². The Morgan fingerprint density at radius 3 is 2.52 bits per heavy atom. The Hall–Kier alpha value is -2.81. The molecule has 0 bridgehead atoms. The van der Waals surface area contributed by atoms with Crippen LogP contribution in [0.25, 0.3) is 0 Å². The summed E-state index contributed by atoms with van der Waals surface area (Å²) >= 11 is 0. The Morgan fingerprint density at radius 1 is 0.920 bits per heavy atom. The van der Waals surface area contributed by atoms with E-state index in [1.807, 2.05) is 0 Å². The predicted molar refractivity (Wildman–Crippen MR) is 102 cm³/mol. The van der Waals surface area contributed by atoms with Gasteiger partial charge in [-0.1, -0.05) is 42.5 Å². The summed E-state index contributed by atoms with van der Waals surface area (Å²) in [5, 5.41) is 7.37. The number of rotatable bonds is 2. The van der Waals surface area contributed by atoms with Crippen molar-refractivity contribution < 1.29 is 0 Å². The maximum atomic E-state index is 5.14. The molecule has 2 aromatic carbocycles. The lowest BCUT2D eigenvalue weighted by atomic mass is 9.78. The number of aromatic nitrogens is 1. The number of aryl methyl sites for hydroxylation is 2. The fourth-order valence-corrected chi connectivity index (χ4v) is 4.33. The summed E-state index contributed by atoms with van der Waals surface area (Å²) in [6, 6.07) is 23.9. The molecule has 3 nitrogen and oxygen atoms in total. The van der Waals surface area contributed by atoms with Gasteiger partial charge in [-0.25, -0.2) is 0 Å². The quantitative estimate of drug-likeness (QED) is 0.676. The first kappa shape index (κ1) is 14.5. The molecule has 0 spiro atoms. The van der Waals surface area contributed by atoms with Gasteiger partial charge in [0.15, 0.2) is 0 Å². The van der Waals surface area contributed by atoms with Crippen molar-refractivity contribution in [2.45, 2.75) is 18.9 Å². The maximum absolute atomic E-state index is 5.14. The van der Waals surface area contributed by atoms with Crippen LogP contribution >= 0.6 is 0 Å². The number of hydrogen-bond acceptors (Lipinski definition) is 2. The number of anilines is 1. The summed E-state index contributed by atoms with van der Waals surface area (Å²) in [4.78, 5) is 0. The average molecular weight is 327 g/mol. The largest absolute Gasteiger partial charge is 0.353 e. The van der Waals surface area contributed by atoms with Gasteiger partial charge < -0.3 is 4.57 Å². The van der Waals surface area contributed by atoms with E-state index in [0.29, 0.717) is 5.92 Å². The summed E-state index contributed by atoms with van der Waals surface area (Å²) in [5.74, 6) is 0.434. The first-order valence-electron chi connectivity index (χ1n) is 8.95. The molecule has 0 N–H and O–H groups in total. The van der Waals surface area contributed by atoms with Gasteiger partial charge in [0, 0.05) is 30.4 Å². The average Bonchev–Trinajstić information content (AvgIpc) is 3.25. The van der Waals surface area contributed by atoms with E-state index in [4.69, 9.17) is 5.10 Å². The Balaban J connectivity index is 1.67. The third-order valence-corrected chi connectivity index (χ3v) is 5.54. The molecule has 0 amide bonds. The third kappa shape index (κ3) is 2.23. The molecule has 3 aromatic rings. The van der Waals surface area contributed by atoms with Crippen LogP contribution in [0.4, 0.5) is 5.69 Å². The van der Waals surface area contributed by atoms with Crippen molar-refractivity contribution in [1.29, 1.82) is 0 Å². The molecule has 124 valence electrons. The van der Waals surface area contributed by atoms with Crippen LogP contribution in [0.3, 0.4) is 0 Å². The van der Waals surface area contributed by atoms with Crippen molar-refractivity contribution in [2.75, 3.05) is 5.01 Å². The first-order valence-corrected chi connectivity index (χ1v) is 8.95. The summed E-state index contributed by atoms with van der Waals surface area (Å²) in [5.41, 5.74) is 6.49. The molecule has 2 aliphatic rings. The molecule has 1 aliphatic carbocycles. The summed E-state index contributed by atoms with van der Waals surface area (Å²) in [6.45, 7) is 0. The number of fused-ring (bicyclic) bond motifs is 3. The minimum atomic E-state index is 0.255. The van der Waals surface area contributed by atoms with Crippen LogP contribution < -0.4 is 5.01 Å². The summed E-state index contributed by atoms with van der Waals surface area (Å²) in [7, 11) is 2.13. The number of nitrogens with zero attached hydrogens (tertiary/aromatic N) is 3. The Morgan fingerprint density at radius 2 is 1.72 bits per heavy atom. The molecule has 0 radical (unpaired) electrons. The highest BCUT2D eigenvalue weighted by Gasteiger charge is 2.42. The van der Waals surface area contributed by atoms with Gasteiger partial charge in [0.05, 0.1) is 11.4 Å². The zero-order valence-electron chi connectivity index (χ0n) is 14.3. The summed E-state index contributed by atoms with van der Waals surface area (Å²) < 4.78 is 2.24. The fourth-order valence-electron chi connectivity index (χ4n) is 4.33. The van der Waals surface area contributed by atoms with Crippen LogP contribution in [0.5, 0.6) is 0 Å². The normalized spacial score (nSPS) is 21.6. The molecular weight excluding hydrogens is 306 g/mol. The minimum absolute atomic E-state index is 0.255. The van der Waals surface area contributed by atoms with Crippen molar-refractivity contribution in [2.24, 2.45) is 18.1 Å². The monoisotopic (exact) mass is 327 g/mol. The Labute approximate surface area is 148 Å². The lowest BCUT2D eigenvalue weighted by Crippen LogP contribution is -2.30. The van der Waals surface area contributed by atoms with Crippen LogP contribution in [-0.2, 0) is 13.5 Å². The molecule has 3 heteroatoms. The summed E-state index contributed by atoms with van der Waals surface area (Å²) in [6.07, 6.45) is 4.41. The molecule has 5 rings (SSSR count). The van der Waals surface area contributed by atoms with E-state index in [9.17, 15) is 0 Å². The topological polar surface area (TPSA) is 20.5 Å². The minimum Gasteiger partial charge on any atom is -0.353 e. The van der Waals surface area contributed by atoms with Crippen molar-refractivity contribution in [3.63, 3.8) is 0 Å². The van der Waals surface area contributed by atoms with E-state index in [0.717, 1.165) is 18.5 Å². The molecule has 1 aromatic heterocycles. The second kappa shape index (κ2) is 5.62. The number of hydrogen-bond donors (Lipinski definition) is 0. The van der Waals surface area contributed by atoms with Gasteiger partial charge in [-0.15, -0.1) is 0 Å². The van der Waals surface area contributed by atoms with Crippen LogP contribution in [0.1, 0.15) is 29.3 Å². The zero-order chi connectivity index (χ0) is 16.8. The molecule has 0 saturated carbocycles. The van der Waals surface area contributed by atoms with Gasteiger partial charge in [0.1, 0.15) is 6.04 Å². The van der Waals surface area contributed by atoms with E-state index in [1.54, 1.807) is 0 Å². The molecule has 1 aliphatic heterocycles. The van der Waals surface area contributed by atoms with Gasteiger partial charge >= 0.3 is 0 Å². The molecular formula is C22H21N3. The van der Waals surface area contributed by atoms with Crippen molar-refractivity contribution >= 4 is 11.4 Å². The predicted octanol–water partition coefficient (Wildman–Crippen LogP) is 4.55. The highest BCUT2D eigenvalue weighted by molar-refractivity contribution is 6.07. The standard InChI is InChI=1S/C22H21N3/c1-24-15-7-12-20(24)22-19-14-13-16-8-5-6-11-18(16)21(19)23-25(22)17-9-3-2-4-10-17/h2-12,15,19,22H,13-14H2,1H3. The van der Waals surface area contributed by atoms with Crippen LogP contribution in [0, 0.1) is 5.92 Å². The number of para-hydroxylation sites is 1. The number of hydrazone groups is 1. The first-order chi connectivity index (χ1) is 12.3. The Bertz CT molecular complexity index is 939. The second-order valence-electron chi connectivity index (χ2n) is 6.96. The lowest BCUT2D eigenvalue weighted by Gasteiger charge is -2.30. The van der Waals surface area contributed by atoms with Crippen LogP contribution in [0.2, 0.25) is 0 Å². The Kier molecular flexibility index (Phi) is 3.27.